The second kappa shape index (κ2) is 11.8. The SMILES string of the molecule is C=C(CC[C@@H](COS(=O)(=O)O)[C@H]1CCC2C3CC[C@H]4C[C@H](OS(=O)(=O)O)[C@@H](O)C[C@]4(C)C3CC[C@@]21C)[C@@H](C)CO. The molecule has 0 bridgehead atoms. The molecule has 10 nitrogen and oxygen atoms in total. The normalized spacial score (nSPS) is 41.4. The number of aliphatic hydroxyl groups excluding tert-OH is 2. The van der Waals surface area contributed by atoms with Crippen molar-refractivity contribution in [1.82, 2.24) is 0 Å². The Hall–Kier alpha value is -0.600. The van der Waals surface area contributed by atoms with Crippen LogP contribution < -0.4 is 0 Å². The van der Waals surface area contributed by atoms with Crippen molar-refractivity contribution in [3.05, 3.63) is 12.2 Å². The van der Waals surface area contributed by atoms with Crippen LogP contribution in [0.15, 0.2) is 12.2 Å². The summed E-state index contributed by atoms with van der Waals surface area (Å²) < 4.78 is 74.0. The van der Waals surface area contributed by atoms with Crippen LogP contribution in [0.4, 0.5) is 0 Å². The van der Waals surface area contributed by atoms with Gasteiger partial charge in [0, 0.05) is 6.61 Å². The molecule has 11 atom stereocenters. The summed E-state index contributed by atoms with van der Waals surface area (Å²) in [5.41, 5.74) is 0.735. The maximum atomic E-state index is 11.5. The molecule has 4 aliphatic carbocycles. The molecule has 0 amide bonds. The van der Waals surface area contributed by atoms with Crippen molar-refractivity contribution >= 4 is 20.8 Å². The third-order valence-corrected chi connectivity index (χ3v) is 12.7. The van der Waals surface area contributed by atoms with Crippen molar-refractivity contribution in [2.24, 2.45) is 52.3 Å². The van der Waals surface area contributed by atoms with E-state index in [1.807, 2.05) is 6.92 Å². The Labute approximate surface area is 239 Å². The van der Waals surface area contributed by atoms with E-state index < -0.39 is 33.0 Å². The lowest BCUT2D eigenvalue weighted by molar-refractivity contribution is -0.157. The van der Waals surface area contributed by atoms with Gasteiger partial charge in [0.05, 0.1) is 12.7 Å². The predicted octanol–water partition coefficient (Wildman–Crippen LogP) is 4.20. The molecule has 40 heavy (non-hydrogen) atoms. The molecular weight excluding hydrogens is 560 g/mol. The monoisotopic (exact) mass is 608 g/mol. The highest BCUT2D eigenvalue weighted by Crippen LogP contribution is 2.68. The van der Waals surface area contributed by atoms with Crippen molar-refractivity contribution in [1.29, 1.82) is 0 Å². The molecule has 0 aromatic carbocycles. The number of hydrogen-bond acceptors (Lipinski definition) is 8. The third-order valence-electron chi connectivity index (χ3n) is 11.8. The highest BCUT2D eigenvalue weighted by atomic mass is 32.3. The van der Waals surface area contributed by atoms with Crippen LogP contribution in [0, 0.1) is 52.3 Å². The molecule has 4 rings (SSSR count). The van der Waals surface area contributed by atoms with Gasteiger partial charge in [-0.3, -0.25) is 9.11 Å². The largest absolute Gasteiger partial charge is 0.397 e. The lowest BCUT2D eigenvalue weighted by Crippen LogP contribution is -2.57. The predicted molar refractivity (Wildman–Crippen MR) is 149 cm³/mol. The van der Waals surface area contributed by atoms with Crippen molar-refractivity contribution in [2.75, 3.05) is 13.2 Å². The van der Waals surface area contributed by atoms with E-state index in [0.29, 0.717) is 43.4 Å². The summed E-state index contributed by atoms with van der Waals surface area (Å²) in [6.07, 6.45) is 6.05. The fraction of sp³-hybridized carbons (Fsp3) is 0.929. The minimum absolute atomic E-state index is 0.00838. The highest BCUT2D eigenvalue weighted by Gasteiger charge is 2.62. The standard InChI is InChI=1S/C28H48O10S2/c1-17(18(2)15-29)5-6-19(16-37-39(31,32)33)22-9-10-23-21-8-7-20-13-26(38-40(34,35)36)25(30)14-28(20,4)24(21)11-12-27(22,23)3/h18-26,29-30H,1,5-16H2,2-4H3,(H,31,32,33)(H,34,35,36)/t18-,19-,20-,21?,22+,23?,24?,25-,26-,27+,28-/m0/s1. The zero-order chi connectivity index (χ0) is 29.7. The molecule has 0 aromatic heterocycles. The molecule has 232 valence electrons. The van der Waals surface area contributed by atoms with E-state index in [1.54, 1.807) is 0 Å². The average molecular weight is 609 g/mol. The molecule has 0 aliphatic heterocycles. The second-order valence-electron chi connectivity index (χ2n) is 13.7. The molecule has 0 radical (unpaired) electrons. The Balaban J connectivity index is 1.52. The van der Waals surface area contributed by atoms with Crippen LogP contribution in [0.1, 0.15) is 85.0 Å². The zero-order valence-electron chi connectivity index (χ0n) is 23.9. The van der Waals surface area contributed by atoms with Crippen molar-refractivity contribution < 1.29 is 44.5 Å². The molecule has 4 fully saturated rings. The molecule has 4 N–H and O–H groups in total. The van der Waals surface area contributed by atoms with Gasteiger partial charge in [-0.2, -0.15) is 16.8 Å². The van der Waals surface area contributed by atoms with Gasteiger partial charge in [0.15, 0.2) is 0 Å². The molecule has 12 heteroatoms. The van der Waals surface area contributed by atoms with E-state index in [0.717, 1.165) is 44.1 Å². The first-order valence-electron chi connectivity index (χ1n) is 14.7. The molecule has 0 spiro atoms. The fourth-order valence-electron chi connectivity index (χ4n) is 9.65. The topological polar surface area (TPSA) is 168 Å². The second-order valence-corrected chi connectivity index (χ2v) is 15.8. The maximum Gasteiger partial charge on any atom is 0.397 e. The Morgan fingerprint density at radius 1 is 1.00 bits per heavy atom. The summed E-state index contributed by atoms with van der Waals surface area (Å²) in [4.78, 5) is 0. The lowest BCUT2D eigenvalue weighted by atomic mass is 9.44. The Kier molecular flexibility index (Phi) is 9.55. The Morgan fingerprint density at radius 3 is 2.30 bits per heavy atom. The maximum absolute atomic E-state index is 11.5. The quantitative estimate of drug-likeness (QED) is 0.197. The number of rotatable bonds is 11. The van der Waals surface area contributed by atoms with Gasteiger partial charge in [0.25, 0.3) is 0 Å². The highest BCUT2D eigenvalue weighted by molar-refractivity contribution is 7.81. The first-order valence-corrected chi connectivity index (χ1v) is 17.5. The van der Waals surface area contributed by atoms with E-state index in [4.69, 9.17) is 8.37 Å². The first kappa shape index (κ1) is 32.3. The van der Waals surface area contributed by atoms with Gasteiger partial charge in [0.1, 0.15) is 6.10 Å². The lowest BCUT2D eigenvalue weighted by Gasteiger charge is -2.62. The zero-order valence-corrected chi connectivity index (χ0v) is 25.6. The van der Waals surface area contributed by atoms with Gasteiger partial charge in [-0.05, 0) is 116 Å². The first-order chi connectivity index (χ1) is 18.5. The van der Waals surface area contributed by atoms with Crippen LogP contribution in [0.5, 0.6) is 0 Å². The molecule has 0 heterocycles. The van der Waals surface area contributed by atoms with Gasteiger partial charge >= 0.3 is 20.8 Å². The van der Waals surface area contributed by atoms with E-state index in [1.165, 1.54) is 0 Å². The van der Waals surface area contributed by atoms with Crippen LogP contribution in [-0.4, -0.2) is 61.6 Å². The molecule has 4 aliphatic rings. The molecule has 4 saturated carbocycles. The van der Waals surface area contributed by atoms with E-state index in [2.05, 4.69) is 20.4 Å². The number of hydrogen-bond donors (Lipinski definition) is 4. The Morgan fingerprint density at radius 2 is 1.68 bits per heavy atom. The van der Waals surface area contributed by atoms with Crippen molar-refractivity contribution in [2.45, 2.75) is 97.2 Å². The summed E-state index contributed by atoms with van der Waals surface area (Å²) >= 11 is 0. The van der Waals surface area contributed by atoms with Crippen molar-refractivity contribution in [3.8, 4) is 0 Å². The number of fused-ring (bicyclic) bond motifs is 5. The van der Waals surface area contributed by atoms with Crippen LogP contribution in [0.2, 0.25) is 0 Å². The van der Waals surface area contributed by atoms with Gasteiger partial charge in [-0.25, -0.2) is 8.37 Å². The van der Waals surface area contributed by atoms with Gasteiger partial charge in [-0.15, -0.1) is 0 Å². The fourth-order valence-corrected chi connectivity index (χ4v) is 10.5. The van der Waals surface area contributed by atoms with Crippen LogP contribution in [0.3, 0.4) is 0 Å². The van der Waals surface area contributed by atoms with E-state index in [-0.39, 0.29) is 47.7 Å². The molecule has 0 aromatic rings. The van der Waals surface area contributed by atoms with Gasteiger partial charge in [0.2, 0.25) is 0 Å². The van der Waals surface area contributed by atoms with Crippen molar-refractivity contribution in [3.63, 3.8) is 0 Å². The average Bonchev–Trinajstić information content (AvgIpc) is 3.19. The third kappa shape index (κ3) is 6.64. The van der Waals surface area contributed by atoms with Crippen LogP contribution in [0.25, 0.3) is 0 Å². The van der Waals surface area contributed by atoms with E-state index in [9.17, 15) is 36.2 Å². The van der Waals surface area contributed by atoms with Gasteiger partial charge < -0.3 is 10.2 Å². The minimum atomic E-state index is -4.64. The Bertz CT molecular complexity index is 1140. The van der Waals surface area contributed by atoms with Crippen LogP contribution in [-0.2, 0) is 29.2 Å². The van der Waals surface area contributed by atoms with Gasteiger partial charge in [-0.1, -0.05) is 32.9 Å². The summed E-state index contributed by atoms with van der Waals surface area (Å²) in [5, 5.41) is 20.4. The molecule has 0 saturated heterocycles. The summed E-state index contributed by atoms with van der Waals surface area (Å²) in [6, 6.07) is 0. The molecule has 3 unspecified atom stereocenters. The summed E-state index contributed by atoms with van der Waals surface area (Å²) in [6.45, 7) is 10.5. The van der Waals surface area contributed by atoms with E-state index >= 15 is 0 Å². The minimum Gasteiger partial charge on any atom is -0.396 e. The molecular formula is C28H48O10S2. The number of aliphatic hydroxyl groups is 2. The smallest absolute Gasteiger partial charge is 0.396 e. The summed E-state index contributed by atoms with van der Waals surface area (Å²) in [5.74, 6) is 1.54. The van der Waals surface area contributed by atoms with Crippen LogP contribution >= 0.6 is 0 Å². The summed E-state index contributed by atoms with van der Waals surface area (Å²) in [7, 11) is -9.21.